The lowest BCUT2D eigenvalue weighted by molar-refractivity contribution is -0.384. The molecule has 0 amide bonds. The Labute approximate surface area is 115 Å². The van der Waals surface area contributed by atoms with Crippen molar-refractivity contribution in [1.82, 2.24) is 0 Å². The van der Waals surface area contributed by atoms with E-state index in [9.17, 15) is 14.5 Å². The first kappa shape index (κ1) is 14.0. The van der Waals surface area contributed by atoms with Crippen LogP contribution in [0.1, 0.15) is 11.1 Å². The molecule has 0 atom stereocenters. The van der Waals surface area contributed by atoms with Crippen LogP contribution in [-0.4, -0.2) is 4.92 Å². The summed E-state index contributed by atoms with van der Waals surface area (Å²) in [5.74, 6) is -0.630. The van der Waals surface area contributed by atoms with Crippen molar-refractivity contribution in [2.45, 2.75) is 13.1 Å². The van der Waals surface area contributed by atoms with Gasteiger partial charge in [0.2, 0.25) is 0 Å². The average Bonchev–Trinajstić information content (AvgIpc) is 2.46. The van der Waals surface area contributed by atoms with Crippen LogP contribution in [0.2, 0.25) is 0 Å². The Bertz CT molecular complexity index is 614. The average molecular weight is 275 g/mol. The highest BCUT2D eigenvalue weighted by Crippen LogP contribution is 2.25. The fourth-order valence-electron chi connectivity index (χ4n) is 1.80. The van der Waals surface area contributed by atoms with Gasteiger partial charge in [-0.3, -0.25) is 10.1 Å². The van der Waals surface area contributed by atoms with Crippen LogP contribution in [0.5, 0.6) is 0 Å². The zero-order valence-corrected chi connectivity index (χ0v) is 10.7. The summed E-state index contributed by atoms with van der Waals surface area (Å²) in [5, 5.41) is 13.8. The molecule has 0 saturated carbocycles. The van der Waals surface area contributed by atoms with E-state index in [4.69, 9.17) is 5.73 Å². The molecule has 0 fully saturated rings. The van der Waals surface area contributed by atoms with Crippen molar-refractivity contribution in [3.63, 3.8) is 0 Å². The number of benzene rings is 2. The van der Waals surface area contributed by atoms with Crippen LogP contribution in [0.25, 0.3) is 0 Å². The summed E-state index contributed by atoms with van der Waals surface area (Å²) in [6.45, 7) is 0.883. The first-order valence-corrected chi connectivity index (χ1v) is 6.06. The highest BCUT2D eigenvalue weighted by Gasteiger charge is 2.14. The molecule has 2 rings (SSSR count). The number of anilines is 1. The van der Waals surface area contributed by atoms with Gasteiger partial charge in [0.15, 0.2) is 0 Å². The van der Waals surface area contributed by atoms with Gasteiger partial charge in [-0.1, -0.05) is 24.3 Å². The fourth-order valence-corrected chi connectivity index (χ4v) is 1.80. The molecule has 0 aliphatic heterocycles. The highest BCUT2D eigenvalue weighted by molar-refractivity contribution is 5.61. The Morgan fingerprint density at radius 1 is 1.15 bits per heavy atom. The second-order valence-electron chi connectivity index (χ2n) is 4.29. The summed E-state index contributed by atoms with van der Waals surface area (Å²) < 4.78 is 13.0. The number of hydrogen-bond donors (Lipinski definition) is 2. The van der Waals surface area contributed by atoms with E-state index in [2.05, 4.69) is 5.32 Å². The third kappa shape index (κ3) is 3.30. The molecule has 0 unspecified atom stereocenters. The van der Waals surface area contributed by atoms with E-state index in [1.54, 1.807) is 0 Å². The van der Waals surface area contributed by atoms with Gasteiger partial charge in [-0.2, -0.15) is 0 Å². The van der Waals surface area contributed by atoms with Gasteiger partial charge >= 0.3 is 0 Å². The predicted molar refractivity (Wildman–Crippen MR) is 74.7 cm³/mol. The zero-order valence-electron chi connectivity index (χ0n) is 10.7. The molecule has 0 heterocycles. The summed E-state index contributed by atoms with van der Waals surface area (Å²) >= 11 is 0. The maximum absolute atomic E-state index is 13.0. The van der Waals surface area contributed by atoms with Crippen LogP contribution in [-0.2, 0) is 13.1 Å². The van der Waals surface area contributed by atoms with Crippen molar-refractivity contribution in [1.29, 1.82) is 0 Å². The first-order valence-electron chi connectivity index (χ1n) is 6.06. The van der Waals surface area contributed by atoms with Gasteiger partial charge < -0.3 is 11.1 Å². The predicted octanol–water partition coefficient (Wildman–Crippen LogP) is 2.80. The summed E-state index contributed by atoms with van der Waals surface area (Å²) in [5.41, 5.74) is 7.50. The Hall–Kier alpha value is -2.47. The maximum atomic E-state index is 13.0. The van der Waals surface area contributed by atoms with E-state index in [0.29, 0.717) is 18.8 Å². The Morgan fingerprint density at radius 2 is 1.80 bits per heavy atom. The van der Waals surface area contributed by atoms with Crippen LogP contribution in [0, 0.1) is 15.9 Å². The quantitative estimate of drug-likeness (QED) is 0.649. The van der Waals surface area contributed by atoms with Crippen LogP contribution >= 0.6 is 0 Å². The number of nitrogens with two attached hydrogens (primary N) is 1. The minimum absolute atomic E-state index is 0.274. The minimum Gasteiger partial charge on any atom is -0.375 e. The van der Waals surface area contributed by atoms with E-state index < -0.39 is 10.7 Å². The molecule has 0 aliphatic carbocycles. The number of nitrogens with one attached hydrogen (secondary N) is 1. The van der Waals surface area contributed by atoms with E-state index in [1.165, 1.54) is 12.1 Å². The molecule has 6 heteroatoms. The third-order valence-electron chi connectivity index (χ3n) is 2.90. The molecule has 0 spiro atoms. The van der Waals surface area contributed by atoms with Gasteiger partial charge in [-0.05, 0) is 23.3 Å². The molecular formula is C14H14FN3O2. The molecule has 2 aromatic carbocycles. The fraction of sp³-hybridized carbons (Fsp3) is 0.143. The second kappa shape index (κ2) is 6.12. The van der Waals surface area contributed by atoms with Crippen molar-refractivity contribution in [2.24, 2.45) is 5.73 Å². The van der Waals surface area contributed by atoms with E-state index >= 15 is 0 Å². The standard InChI is InChI=1S/C14H14FN3O2/c15-12-5-6-13(14(7-12)18(19)20)17-9-11-3-1-10(8-16)2-4-11/h1-7,17H,8-9,16H2. The molecule has 104 valence electrons. The molecule has 0 bridgehead atoms. The van der Waals surface area contributed by atoms with Gasteiger partial charge in [0.05, 0.1) is 11.0 Å². The van der Waals surface area contributed by atoms with Gasteiger partial charge in [0.25, 0.3) is 5.69 Å². The van der Waals surface area contributed by atoms with Crippen LogP contribution in [0.15, 0.2) is 42.5 Å². The normalized spacial score (nSPS) is 10.3. The number of nitro benzene ring substituents is 1. The van der Waals surface area contributed by atoms with Crippen molar-refractivity contribution < 1.29 is 9.31 Å². The smallest absolute Gasteiger partial charge is 0.295 e. The molecule has 0 saturated heterocycles. The number of halogens is 1. The Kier molecular flexibility index (Phi) is 4.27. The maximum Gasteiger partial charge on any atom is 0.295 e. The first-order chi connectivity index (χ1) is 9.60. The topological polar surface area (TPSA) is 81.2 Å². The number of nitro groups is 1. The molecule has 0 aromatic heterocycles. The molecule has 0 radical (unpaired) electrons. The van der Waals surface area contributed by atoms with Crippen molar-refractivity contribution in [3.05, 3.63) is 69.5 Å². The molecule has 20 heavy (non-hydrogen) atoms. The summed E-state index contributed by atoms with van der Waals surface area (Å²) in [6.07, 6.45) is 0. The number of nitrogens with zero attached hydrogens (tertiary/aromatic N) is 1. The Morgan fingerprint density at radius 3 is 2.40 bits per heavy atom. The van der Waals surface area contributed by atoms with E-state index in [-0.39, 0.29) is 5.69 Å². The largest absolute Gasteiger partial charge is 0.375 e. The monoisotopic (exact) mass is 275 g/mol. The third-order valence-corrected chi connectivity index (χ3v) is 2.90. The lowest BCUT2D eigenvalue weighted by Crippen LogP contribution is -2.03. The lowest BCUT2D eigenvalue weighted by atomic mass is 10.1. The molecule has 2 aromatic rings. The van der Waals surface area contributed by atoms with Crippen LogP contribution in [0.3, 0.4) is 0 Å². The van der Waals surface area contributed by atoms with Gasteiger partial charge in [-0.15, -0.1) is 0 Å². The zero-order chi connectivity index (χ0) is 14.5. The van der Waals surface area contributed by atoms with Gasteiger partial charge in [0.1, 0.15) is 11.5 Å². The number of hydrogen-bond acceptors (Lipinski definition) is 4. The lowest BCUT2D eigenvalue weighted by Gasteiger charge is -2.08. The summed E-state index contributed by atoms with van der Waals surface area (Å²) in [7, 11) is 0. The Balaban J connectivity index is 2.12. The minimum atomic E-state index is -0.630. The van der Waals surface area contributed by atoms with Gasteiger partial charge in [-0.25, -0.2) is 4.39 Å². The van der Waals surface area contributed by atoms with Crippen LogP contribution in [0.4, 0.5) is 15.8 Å². The van der Waals surface area contributed by atoms with Crippen molar-refractivity contribution in [3.8, 4) is 0 Å². The van der Waals surface area contributed by atoms with Crippen LogP contribution < -0.4 is 11.1 Å². The van der Waals surface area contributed by atoms with Crippen molar-refractivity contribution in [2.75, 3.05) is 5.32 Å². The molecular weight excluding hydrogens is 261 g/mol. The van der Waals surface area contributed by atoms with Gasteiger partial charge in [0, 0.05) is 13.1 Å². The summed E-state index contributed by atoms with van der Waals surface area (Å²) in [6, 6.07) is 11.0. The molecule has 0 aliphatic rings. The number of rotatable bonds is 5. The summed E-state index contributed by atoms with van der Waals surface area (Å²) in [4.78, 5) is 10.2. The van der Waals surface area contributed by atoms with E-state index in [1.807, 2.05) is 24.3 Å². The molecule has 5 nitrogen and oxygen atoms in total. The molecule has 3 N–H and O–H groups in total. The second-order valence-corrected chi connectivity index (χ2v) is 4.29. The van der Waals surface area contributed by atoms with Crippen molar-refractivity contribution >= 4 is 11.4 Å². The van der Waals surface area contributed by atoms with E-state index in [0.717, 1.165) is 17.2 Å². The highest BCUT2D eigenvalue weighted by atomic mass is 19.1. The SMILES string of the molecule is NCc1ccc(CNc2ccc(F)cc2[N+](=O)[O-])cc1.